The highest BCUT2D eigenvalue weighted by molar-refractivity contribution is 5.27. The SMILES string of the molecule is COc1ccc(CCNCC(C)N2CCCCC2)cc1. The van der Waals surface area contributed by atoms with E-state index in [0.29, 0.717) is 6.04 Å². The molecule has 0 spiro atoms. The first-order valence-electron chi connectivity index (χ1n) is 7.87. The van der Waals surface area contributed by atoms with Gasteiger partial charge in [-0.25, -0.2) is 0 Å². The van der Waals surface area contributed by atoms with Crippen LogP contribution in [-0.2, 0) is 6.42 Å². The molecule has 3 heteroatoms. The second kappa shape index (κ2) is 8.28. The molecule has 0 saturated carbocycles. The number of likely N-dealkylation sites (tertiary alicyclic amines) is 1. The lowest BCUT2D eigenvalue weighted by Gasteiger charge is -2.32. The predicted molar refractivity (Wildman–Crippen MR) is 84.5 cm³/mol. The Morgan fingerprint density at radius 2 is 1.85 bits per heavy atom. The summed E-state index contributed by atoms with van der Waals surface area (Å²) >= 11 is 0. The molecule has 0 amide bonds. The fourth-order valence-electron chi connectivity index (χ4n) is 2.82. The van der Waals surface area contributed by atoms with Crippen molar-refractivity contribution in [1.29, 1.82) is 0 Å². The zero-order chi connectivity index (χ0) is 14.2. The zero-order valence-corrected chi connectivity index (χ0v) is 12.9. The average Bonchev–Trinajstić information content (AvgIpc) is 2.53. The topological polar surface area (TPSA) is 24.5 Å². The summed E-state index contributed by atoms with van der Waals surface area (Å²) in [7, 11) is 1.71. The van der Waals surface area contributed by atoms with Gasteiger partial charge in [0.25, 0.3) is 0 Å². The van der Waals surface area contributed by atoms with E-state index in [9.17, 15) is 0 Å². The molecule has 1 saturated heterocycles. The van der Waals surface area contributed by atoms with Crippen LogP contribution < -0.4 is 10.1 Å². The van der Waals surface area contributed by atoms with E-state index >= 15 is 0 Å². The molecule has 0 aromatic heterocycles. The van der Waals surface area contributed by atoms with Gasteiger partial charge in [0, 0.05) is 12.6 Å². The highest BCUT2D eigenvalue weighted by Gasteiger charge is 2.15. The van der Waals surface area contributed by atoms with Gasteiger partial charge >= 0.3 is 0 Å². The molecular formula is C17H28N2O. The Kier molecular flexibility index (Phi) is 6.34. The number of ether oxygens (including phenoxy) is 1. The van der Waals surface area contributed by atoms with Crippen LogP contribution in [0.4, 0.5) is 0 Å². The first-order valence-corrected chi connectivity index (χ1v) is 7.87. The first-order chi connectivity index (χ1) is 9.79. The second-order valence-electron chi connectivity index (χ2n) is 5.75. The molecule has 20 heavy (non-hydrogen) atoms. The van der Waals surface area contributed by atoms with Crippen molar-refractivity contribution in [3.63, 3.8) is 0 Å². The van der Waals surface area contributed by atoms with E-state index in [-0.39, 0.29) is 0 Å². The van der Waals surface area contributed by atoms with Crippen LogP contribution in [0.1, 0.15) is 31.7 Å². The number of rotatable bonds is 7. The second-order valence-corrected chi connectivity index (χ2v) is 5.75. The number of nitrogens with zero attached hydrogens (tertiary/aromatic N) is 1. The zero-order valence-electron chi connectivity index (χ0n) is 12.9. The lowest BCUT2D eigenvalue weighted by molar-refractivity contribution is 0.171. The van der Waals surface area contributed by atoms with Gasteiger partial charge in [0.05, 0.1) is 7.11 Å². The number of piperidine rings is 1. The summed E-state index contributed by atoms with van der Waals surface area (Å²) < 4.78 is 5.17. The molecule has 1 aliphatic heterocycles. The van der Waals surface area contributed by atoms with Crippen molar-refractivity contribution in [3.05, 3.63) is 29.8 Å². The first kappa shape index (κ1) is 15.3. The molecule has 2 rings (SSSR count). The fourth-order valence-corrected chi connectivity index (χ4v) is 2.82. The summed E-state index contributed by atoms with van der Waals surface area (Å²) in [6.07, 6.45) is 5.23. The Labute approximate surface area is 123 Å². The minimum atomic E-state index is 0.658. The third-order valence-electron chi connectivity index (χ3n) is 4.20. The van der Waals surface area contributed by atoms with Gasteiger partial charge in [-0.2, -0.15) is 0 Å². The number of hydrogen-bond acceptors (Lipinski definition) is 3. The number of benzene rings is 1. The molecule has 1 aromatic rings. The minimum Gasteiger partial charge on any atom is -0.497 e. The molecule has 1 N–H and O–H groups in total. The summed E-state index contributed by atoms with van der Waals surface area (Å²) in [4.78, 5) is 2.61. The molecule has 1 aromatic carbocycles. The summed E-state index contributed by atoms with van der Waals surface area (Å²) in [6.45, 7) is 7.04. The van der Waals surface area contributed by atoms with Crippen LogP contribution in [0.25, 0.3) is 0 Å². The lowest BCUT2D eigenvalue weighted by atomic mass is 10.1. The minimum absolute atomic E-state index is 0.658. The van der Waals surface area contributed by atoms with Crippen molar-refractivity contribution in [2.45, 2.75) is 38.6 Å². The van der Waals surface area contributed by atoms with Crippen LogP contribution >= 0.6 is 0 Å². The standard InChI is InChI=1S/C17H28N2O/c1-15(19-12-4-3-5-13-19)14-18-11-10-16-6-8-17(20-2)9-7-16/h6-9,15,18H,3-5,10-14H2,1-2H3. The summed E-state index contributed by atoms with van der Waals surface area (Å²) in [5.41, 5.74) is 1.36. The highest BCUT2D eigenvalue weighted by Crippen LogP contribution is 2.12. The van der Waals surface area contributed by atoms with Gasteiger partial charge in [0.2, 0.25) is 0 Å². The van der Waals surface area contributed by atoms with Crippen LogP contribution in [0.5, 0.6) is 5.75 Å². The normalized spacial score (nSPS) is 17.9. The maximum Gasteiger partial charge on any atom is 0.118 e. The smallest absolute Gasteiger partial charge is 0.118 e. The Hall–Kier alpha value is -1.06. The van der Waals surface area contributed by atoms with Crippen molar-refractivity contribution < 1.29 is 4.74 Å². The summed E-state index contributed by atoms with van der Waals surface area (Å²) in [5, 5.41) is 3.59. The quantitative estimate of drug-likeness (QED) is 0.775. The Balaban J connectivity index is 1.62. The lowest BCUT2D eigenvalue weighted by Crippen LogP contribution is -2.43. The average molecular weight is 276 g/mol. The number of nitrogens with one attached hydrogen (secondary N) is 1. The van der Waals surface area contributed by atoms with Gasteiger partial charge in [0.1, 0.15) is 5.75 Å². The summed E-state index contributed by atoms with van der Waals surface area (Å²) in [5.74, 6) is 0.931. The highest BCUT2D eigenvalue weighted by atomic mass is 16.5. The molecule has 1 atom stereocenters. The van der Waals surface area contributed by atoms with Crippen LogP contribution in [0.3, 0.4) is 0 Å². The van der Waals surface area contributed by atoms with Crippen LogP contribution in [0.2, 0.25) is 0 Å². The maximum atomic E-state index is 5.17. The van der Waals surface area contributed by atoms with E-state index in [4.69, 9.17) is 4.74 Å². The third kappa shape index (κ3) is 4.80. The number of hydrogen-bond donors (Lipinski definition) is 1. The molecule has 0 radical (unpaired) electrons. The Morgan fingerprint density at radius 3 is 2.50 bits per heavy atom. The predicted octanol–water partition coefficient (Wildman–Crippen LogP) is 2.70. The van der Waals surface area contributed by atoms with Gasteiger partial charge in [-0.1, -0.05) is 18.6 Å². The van der Waals surface area contributed by atoms with Crippen molar-refractivity contribution >= 4 is 0 Å². The molecule has 1 aliphatic rings. The van der Waals surface area contributed by atoms with Gasteiger partial charge < -0.3 is 10.1 Å². The molecular weight excluding hydrogens is 248 g/mol. The molecule has 1 fully saturated rings. The molecule has 1 unspecified atom stereocenters. The number of methoxy groups -OCH3 is 1. The fraction of sp³-hybridized carbons (Fsp3) is 0.647. The summed E-state index contributed by atoms with van der Waals surface area (Å²) in [6, 6.07) is 9.02. The van der Waals surface area contributed by atoms with Gasteiger partial charge in [-0.3, -0.25) is 4.90 Å². The molecule has 0 aliphatic carbocycles. The largest absolute Gasteiger partial charge is 0.497 e. The van der Waals surface area contributed by atoms with E-state index in [2.05, 4.69) is 29.3 Å². The van der Waals surface area contributed by atoms with Crippen LogP contribution in [-0.4, -0.2) is 44.2 Å². The molecule has 1 heterocycles. The molecule has 0 bridgehead atoms. The molecule has 3 nitrogen and oxygen atoms in total. The van der Waals surface area contributed by atoms with Gasteiger partial charge in [-0.05, 0) is 63.5 Å². The van der Waals surface area contributed by atoms with E-state index in [1.807, 2.05) is 12.1 Å². The van der Waals surface area contributed by atoms with Crippen LogP contribution in [0.15, 0.2) is 24.3 Å². The van der Waals surface area contributed by atoms with Gasteiger partial charge in [-0.15, -0.1) is 0 Å². The Morgan fingerprint density at radius 1 is 1.15 bits per heavy atom. The van der Waals surface area contributed by atoms with E-state index < -0.39 is 0 Å². The van der Waals surface area contributed by atoms with Crippen molar-refractivity contribution in [1.82, 2.24) is 10.2 Å². The van der Waals surface area contributed by atoms with E-state index in [1.54, 1.807) is 7.11 Å². The van der Waals surface area contributed by atoms with E-state index in [1.165, 1.54) is 37.9 Å². The third-order valence-corrected chi connectivity index (χ3v) is 4.20. The van der Waals surface area contributed by atoms with Gasteiger partial charge in [0.15, 0.2) is 0 Å². The van der Waals surface area contributed by atoms with E-state index in [0.717, 1.165) is 25.3 Å². The van der Waals surface area contributed by atoms with Crippen molar-refractivity contribution in [2.75, 3.05) is 33.3 Å². The molecule has 112 valence electrons. The monoisotopic (exact) mass is 276 g/mol. The maximum absolute atomic E-state index is 5.17. The van der Waals surface area contributed by atoms with Crippen LogP contribution in [0, 0.1) is 0 Å². The van der Waals surface area contributed by atoms with Crippen molar-refractivity contribution in [3.8, 4) is 5.75 Å². The Bertz CT molecular complexity index is 371. The van der Waals surface area contributed by atoms with Crippen molar-refractivity contribution in [2.24, 2.45) is 0 Å².